The molecule has 0 saturated carbocycles. The Bertz CT molecular complexity index is 942. The van der Waals surface area contributed by atoms with Crippen molar-refractivity contribution in [1.29, 1.82) is 0 Å². The Hall–Kier alpha value is -2.06. The molecule has 0 aliphatic rings. The van der Waals surface area contributed by atoms with Crippen LogP contribution in [0.25, 0.3) is 0 Å². The Morgan fingerprint density at radius 1 is 0.545 bits per heavy atom. The fourth-order valence-corrected chi connectivity index (χ4v) is 7.09. The minimum atomic E-state index is -4.02. The molecule has 0 saturated heterocycles. The van der Waals surface area contributed by atoms with Gasteiger partial charge in [-0.15, -0.1) is 0 Å². The highest BCUT2D eigenvalue weighted by atomic mass is 32.3. The van der Waals surface area contributed by atoms with Gasteiger partial charge < -0.3 is 9.47 Å². The van der Waals surface area contributed by atoms with Crippen LogP contribution in [-0.4, -0.2) is 35.1 Å². The lowest BCUT2D eigenvalue weighted by atomic mass is 10.2. The fourth-order valence-electron chi connectivity index (χ4n) is 3.26. The topological polar surface area (TPSA) is 86.7 Å². The van der Waals surface area contributed by atoms with Crippen LogP contribution in [0.5, 0.6) is 11.5 Å². The average molecular weight is 497 g/mol. The number of ether oxygens (including phenoxy) is 2. The number of hydrogen-bond donors (Lipinski definition) is 0. The summed E-state index contributed by atoms with van der Waals surface area (Å²) in [6.45, 7) is 5.41. The molecule has 8 heteroatoms. The van der Waals surface area contributed by atoms with Crippen LogP contribution in [0.1, 0.15) is 65.2 Å². The van der Waals surface area contributed by atoms with Crippen molar-refractivity contribution in [1.82, 2.24) is 0 Å². The summed E-state index contributed by atoms with van der Waals surface area (Å²) in [5, 5.41) is -0.992. The second-order valence-corrected chi connectivity index (χ2v) is 12.5. The van der Waals surface area contributed by atoms with Crippen molar-refractivity contribution in [3.63, 3.8) is 0 Å². The lowest BCUT2D eigenvalue weighted by Crippen LogP contribution is -2.17. The molecule has 2 aromatic rings. The van der Waals surface area contributed by atoms with E-state index < -0.39 is 24.8 Å². The van der Waals surface area contributed by atoms with Gasteiger partial charge in [-0.2, -0.15) is 0 Å². The van der Waals surface area contributed by atoms with Gasteiger partial charge in [0, 0.05) is 0 Å². The van der Waals surface area contributed by atoms with Gasteiger partial charge in [0.15, 0.2) is 24.8 Å². The maximum atomic E-state index is 12.7. The first-order valence-corrected chi connectivity index (χ1v) is 15.0. The molecule has 6 nitrogen and oxygen atoms in total. The molecule has 0 fully saturated rings. The number of benzene rings is 2. The Balaban J connectivity index is 1.94. The standard InChI is InChI=1S/C25H36O6S2/c1-3-5-7-9-19-30-22-11-15-24(16-12-22)32(26,27)21-33(28,29)25-17-13-23(14-18-25)31-20-10-8-6-4-2/h11-18H,3-10,19-21H2,1-2H3. The zero-order valence-corrected chi connectivity index (χ0v) is 21.3. The third-order valence-corrected chi connectivity index (χ3v) is 9.67. The van der Waals surface area contributed by atoms with E-state index in [4.69, 9.17) is 9.47 Å². The number of unbranched alkanes of at least 4 members (excludes halogenated alkanes) is 6. The van der Waals surface area contributed by atoms with E-state index in [1.54, 1.807) is 24.3 Å². The molecule has 0 aromatic heterocycles. The predicted octanol–water partition coefficient (Wildman–Crippen LogP) is 5.81. The predicted molar refractivity (Wildman–Crippen MR) is 131 cm³/mol. The minimum absolute atomic E-state index is 0.0450. The van der Waals surface area contributed by atoms with Crippen LogP contribution < -0.4 is 9.47 Å². The first-order valence-electron chi connectivity index (χ1n) is 11.7. The molecule has 0 spiro atoms. The zero-order valence-electron chi connectivity index (χ0n) is 19.7. The van der Waals surface area contributed by atoms with Crippen LogP contribution in [0.3, 0.4) is 0 Å². The van der Waals surface area contributed by atoms with Gasteiger partial charge in [0.2, 0.25) is 0 Å². The van der Waals surface area contributed by atoms with Crippen molar-refractivity contribution in [2.75, 3.05) is 18.3 Å². The first kappa shape index (κ1) is 27.2. The average Bonchev–Trinajstić information content (AvgIpc) is 2.79. The van der Waals surface area contributed by atoms with Gasteiger partial charge in [-0.1, -0.05) is 52.4 Å². The third-order valence-electron chi connectivity index (χ3n) is 5.21. The molecule has 0 aliphatic carbocycles. The molecule has 0 N–H and O–H groups in total. The van der Waals surface area contributed by atoms with Crippen LogP contribution in [0.4, 0.5) is 0 Å². The van der Waals surface area contributed by atoms with Crippen LogP contribution in [-0.2, 0) is 19.7 Å². The molecule has 0 unspecified atom stereocenters. The first-order chi connectivity index (χ1) is 15.8. The summed E-state index contributed by atoms with van der Waals surface area (Å²) in [4.78, 5) is -0.0899. The van der Waals surface area contributed by atoms with Gasteiger partial charge in [0.25, 0.3) is 0 Å². The largest absolute Gasteiger partial charge is 0.494 e. The van der Waals surface area contributed by atoms with E-state index in [9.17, 15) is 16.8 Å². The molecule has 184 valence electrons. The Kier molecular flexibility index (Phi) is 11.2. The molecule has 0 bridgehead atoms. The summed E-state index contributed by atoms with van der Waals surface area (Å²) in [5.74, 6) is 1.14. The highest BCUT2D eigenvalue weighted by molar-refractivity contribution is 8.08. The summed E-state index contributed by atoms with van der Waals surface area (Å²) < 4.78 is 62.1. The molecule has 2 aromatic carbocycles. The molecular formula is C25H36O6S2. The molecule has 2 rings (SSSR count). The van der Waals surface area contributed by atoms with Gasteiger partial charge in [0.1, 0.15) is 11.5 Å². The second kappa shape index (κ2) is 13.6. The van der Waals surface area contributed by atoms with E-state index in [1.807, 2.05) is 0 Å². The van der Waals surface area contributed by atoms with E-state index in [-0.39, 0.29) is 9.79 Å². The Morgan fingerprint density at radius 3 is 1.24 bits per heavy atom. The van der Waals surface area contributed by atoms with Crippen LogP contribution in [0.2, 0.25) is 0 Å². The molecule has 0 heterocycles. The molecule has 0 amide bonds. The van der Waals surface area contributed by atoms with Crippen molar-refractivity contribution in [3.8, 4) is 11.5 Å². The molecule has 0 atom stereocenters. The van der Waals surface area contributed by atoms with Gasteiger partial charge in [0.05, 0.1) is 23.0 Å². The van der Waals surface area contributed by atoms with E-state index in [2.05, 4.69) is 13.8 Å². The SMILES string of the molecule is CCCCCCOc1ccc(S(=O)(=O)CS(=O)(=O)c2ccc(OCCCCCC)cc2)cc1. The van der Waals surface area contributed by atoms with E-state index in [0.717, 1.165) is 51.4 Å². The quantitative estimate of drug-likeness (QED) is 0.273. The second-order valence-electron chi connectivity index (χ2n) is 8.11. The molecule has 33 heavy (non-hydrogen) atoms. The normalized spacial score (nSPS) is 11.9. The Morgan fingerprint density at radius 2 is 0.909 bits per heavy atom. The van der Waals surface area contributed by atoms with Crippen molar-refractivity contribution < 1.29 is 26.3 Å². The van der Waals surface area contributed by atoms with Crippen molar-refractivity contribution >= 4 is 19.7 Å². The maximum absolute atomic E-state index is 12.7. The number of rotatable bonds is 16. The maximum Gasteiger partial charge on any atom is 0.193 e. The monoisotopic (exact) mass is 496 g/mol. The molecule has 0 radical (unpaired) electrons. The van der Waals surface area contributed by atoms with Gasteiger partial charge in [-0.25, -0.2) is 16.8 Å². The third kappa shape index (κ3) is 9.37. The van der Waals surface area contributed by atoms with Crippen molar-refractivity contribution in [3.05, 3.63) is 48.5 Å². The van der Waals surface area contributed by atoms with E-state index >= 15 is 0 Å². The number of hydrogen-bond acceptors (Lipinski definition) is 6. The molecule has 0 aliphatic heterocycles. The lowest BCUT2D eigenvalue weighted by molar-refractivity contribution is 0.304. The zero-order chi connectivity index (χ0) is 24.2. The summed E-state index contributed by atoms with van der Waals surface area (Å²) in [6, 6.07) is 11.8. The van der Waals surface area contributed by atoms with E-state index in [1.165, 1.54) is 24.3 Å². The van der Waals surface area contributed by atoms with Gasteiger partial charge in [-0.05, 0) is 61.4 Å². The number of sulfone groups is 2. The minimum Gasteiger partial charge on any atom is -0.494 e. The van der Waals surface area contributed by atoms with Crippen molar-refractivity contribution in [2.24, 2.45) is 0 Å². The highest BCUT2D eigenvalue weighted by Crippen LogP contribution is 2.23. The van der Waals surface area contributed by atoms with Gasteiger partial charge >= 0.3 is 0 Å². The Labute approximate surface area is 199 Å². The van der Waals surface area contributed by atoms with E-state index in [0.29, 0.717) is 24.7 Å². The van der Waals surface area contributed by atoms with Crippen LogP contribution >= 0.6 is 0 Å². The fraction of sp³-hybridized carbons (Fsp3) is 0.520. The summed E-state index contributed by atoms with van der Waals surface area (Å²) in [7, 11) is -8.05. The lowest BCUT2D eigenvalue weighted by Gasteiger charge is -2.10. The highest BCUT2D eigenvalue weighted by Gasteiger charge is 2.26. The van der Waals surface area contributed by atoms with Crippen molar-refractivity contribution in [2.45, 2.75) is 75.0 Å². The summed E-state index contributed by atoms with van der Waals surface area (Å²) in [5.41, 5.74) is 0. The summed E-state index contributed by atoms with van der Waals surface area (Å²) in [6.07, 6.45) is 8.66. The van der Waals surface area contributed by atoms with Gasteiger partial charge in [-0.3, -0.25) is 0 Å². The smallest absolute Gasteiger partial charge is 0.193 e. The molecular weight excluding hydrogens is 460 g/mol. The van der Waals surface area contributed by atoms with Crippen LogP contribution in [0, 0.1) is 0 Å². The summed E-state index contributed by atoms with van der Waals surface area (Å²) >= 11 is 0. The van der Waals surface area contributed by atoms with Crippen LogP contribution in [0.15, 0.2) is 58.3 Å².